The fraction of sp³-hybridized carbons (Fsp3) is 0.778. The highest BCUT2D eigenvalue weighted by Crippen LogP contribution is 2.37. The second kappa shape index (κ2) is 6.53. The van der Waals surface area contributed by atoms with Crippen LogP contribution in [0.25, 0.3) is 0 Å². The second-order valence-electron chi connectivity index (χ2n) is 7.97. The van der Waals surface area contributed by atoms with Crippen molar-refractivity contribution in [2.24, 2.45) is 5.41 Å². The van der Waals surface area contributed by atoms with Crippen molar-refractivity contribution in [3.05, 3.63) is 24.2 Å². The van der Waals surface area contributed by atoms with E-state index in [9.17, 15) is 0 Å². The molecule has 1 aromatic heterocycles. The summed E-state index contributed by atoms with van der Waals surface area (Å²) >= 11 is 0. The smallest absolute Gasteiger partial charge is 0.107 e. The van der Waals surface area contributed by atoms with Crippen molar-refractivity contribution in [2.75, 3.05) is 13.2 Å². The van der Waals surface area contributed by atoms with Gasteiger partial charge in [0.15, 0.2) is 0 Å². The Morgan fingerprint density at radius 3 is 2.71 bits per heavy atom. The first kappa shape index (κ1) is 16.6. The lowest BCUT2D eigenvalue weighted by atomic mass is 9.77. The van der Waals surface area contributed by atoms with Crippen molar-refractivity contribution in [1.29, 1.82) is 0 Å². The van der Waals surface area contributed by atoms with E-state index in [1.807, 2.05) is 6.07 Å². The van der Waals surface area contributed by atoms with Crippen LogP contribution in [-0.2, 0) is 4.74 Å². The summed E-state index contributed by atoms with van der Waals surface area (Å²) in [4.78, 5) is 0. The first-order valence-electron chi connectivity index (χ1n) is 8.19. The first-order chi connectivity index (χ1) is 9.78. The SMILES string of the molecule is CC1(C)C[C@@H](NCC[C@@H](c2ccco2)C(C)(C)C)CCO1. The highest BCUT2D eigenvalue weighted by atomic mass is 16.5. The minimum absolute atomic E-state index is 0.0142. The summed E-state index contributed by atoms with van der Waals surface area (Å²) in [6, 6.07) is 4.67. The highest BCUT2D eigenvalue weighted by Gasteiger charge is 2.30. The van der Waals surface area contributed by atoms with Crippen LogP contribution in [0, 0.1) is 5.41 Å². The van der Waals surface area contributed by atoms with Gasteiger partial charge in [-0.2, -0.15) is 0 Å². The Labute approximate surface area is 129 Å². The molecule has 0 amide bonds. The van der Waals surface area contributed by atoms with Crippen LogP contribution in [-0.4, -0.2) is 24.8 Å². The molecule has 120 valence electrons. The van der Waals surface area contributed by atoms with Crippen molar-refractivity contribution in [3.63, 3.8) is 0 Å². The predicted molar refractivity (Wildman–Crippen MR) is 86.6 cm³/mol. The molecule has 0 aliphatic carbocycles. The molecule has 1 N–H and O–H groups in total. The van der Waals surface area contributed by atoms with E-state index >= 15 is 0 Å². The number of furan rings is 1. The Hall–Kier alpha value is -0.800. The van der Waals surface area contributed by atoms with E-state index in [1.54, 1.807) is 6.26 Å². The topological polar surface area (TPSA) is 34.4 Å². The van der Waals surface area contributed by atoms with Crippen LogP contribution in [0.3, 0.4) is 0 Å². The average Bonchev–Trinajstić information content (AvgIpc) is 2.85. The summed E-state index contributed by atoms with van der Waals surface area (Å²) in [7, 11) is 0. The lowest BCUT2D eigenvalue weighted by Crippen LogP contribution is -2.44. The molecule has 1 aromatic rings. The van der Waals surface area contributed by atoms with Crippen LogP contribution in [0.5, 0.6) is 0 Å². The van der Waals surface area contributed by atoms with Gasteiger partial charge in [-0.1, -0.05) is 20.8 Å². The van der Waals surface area contributed by atoms with Crippen molar-refractivity contribution < 1.29 is 9.15 Å². The third kappa shape index (κ3) is 4.86. The number of nitrogens with one attached hydrogen (secondary N) is 1. The van der Waals surface area contributed by atoms with Gasteiger partial charge in [0, 0.05) is 18.6 Å². The molecule has 2 heterocycles. The minimum atomic E-state index is 0.0142. The molecule has 3 heteroatoms. The van der Waals surface area contributed by atoms with Crippen LogP contribution in [0.15, 0.2) is 22.8 Å². The van der Waals surface area contributed by atoms with E-state index in [0.717, 1.165) is 38.2 Å². The van der Waals surface area contributed by atoms with Crippen molar-refractivity contribution in [1.82, 2.24) is 5.32 Å². The molecular weight excluding hydrogens is 262 g/mol. The van der Waals surface area contributed by atoms with Gasteiger partial charge in [0.2, 0.25) is 0 Å². The highest BCUT2D eigenvalue weighted by molar-refractivity contribution is 5.08. The Balaban J connectivity index is 1.85. The van der Waals surface area contributed by atoms with Crippen LogP contribution >= 0.6 is 0 Å². The number of ether oxygens (including phenoxy) is 1. The van der Waals surface area contributed by atoms with E-state index in [2.05, 4.69) is 46.0 Å². The van der Waals surface area contributed by atoms with Crippen LogP contribution in [0.2, 0.25) is 0 Å². The van der Waals surface area contributed by atoms with Gasteiger partial charge in [0.1, 0.15) is 5.76 Å². The Bertz CT molecular complexity index is 417. The van der Waals surface area contributed by atoms with Crippen molar-refractivity contribution in [3.8, 4) is 0 Å². The van der Waals surface area contributed by atoms with Crippen molar-refractivity contribution >= 4 is 0 Å². The van der Waals surface area contributed by atoms with Gasteiger partial charge in [-0.25, -0.2) is 0 Å². The van der Waals surface area contributed by atoms with E-state index in [4.69, 9.17) is 9.15 Å². The summed E-state index contributed by atoms with van der Waals surface area (Å²) < 4.78 is 11.4. The molecule has 0 radical (unpaired) electrons. The molecule has 0 spiro atoms. The normalized spacial score (nSPS) is 24.0. The third-order valence-electron chi connectivity index (χ3n) is 4.50. The molecule has 2 atom stereocenters. The van der Waals surface area contributed by atoms with Crippen LogP contribution in [0.1, 0.15) is 65.6 Å². The lowest BCUT2D eigenvalue weighted by Gasteiger charge is -2.36. The van der Waals surface area contributed by atoms with Gasteiger partial charge in [0.25, 0.3) is 0 Å². The molecule has 2 rings (SSSR count). The summed E-state index contributed by atoms with van der Waals surface area (Å²) in [6.45, 7) is 13.1. The molecule has 1 aliphatic heterocycles. The Kier molecular flexibility index (Phi) is 5.15. The maximum absolute atomic E-state index is 5.78. The summed E-state index contributed by atoms with van der Waals surface area (Å²) in [5.41, 5.74) is 0.231. The van der Waals surface area contributed by atoms with Crippen molar-refractivity contribution in [2.45, 2.75) is 71.4 Å². The number of hydrogen-bond donors (Lipinski definition) is 1. The van der Waals surface area contributed by atoms with Gasteiger partial charge in [-0.3, -0.25) is 0 Å². The lowest BCUT2D eigenvalue weighted by molar-refractivity contribution is -0.0629. The summed E-state index contributed by atoms with van der Waals surface area (Å²) in [5.74, 6) is 1.56. The molecular formula is C18H31NO2. The average molecular weight is 293 g/mol. The maximum Gasteiger partial charge on any atom is 0.107 e. The second-order valence-corrected chi connectivity index (χ2v) is 7.97. The van der Waals surface area contributed by atoms with Crippen LogP contribution in [0.4, 0.5) is 0 Å². The minimum Gasteiger partial charge on any atom is -0.469 e. The zero-order valence-electron chi connectivity index (χ0n) is 14.2. The van der Waals surface area contributed by atoms with Gasteiger partial charge in [-0.15, -0.1) is 0 Å². The molecule has 21 heavy (non-hydrogen) atoms. The molecule has 0 aromatic carbocycles. The zero-order valence-corrected chi connectivity index (χ0v) is 14.2. The van der Waals surface area contributed by atoms with Gasteiger partial charge in [0.05, 0.1) is 11.9 Å². The fourth-order valence-corrected chi connectivity index (χ4v) is 3.33. The molecule has 1 aliphatic rings. The fourth-order valence-electron chi connectivity index (χ4n) is 3.33. The molecule has 1 saturated heterocycles. The standard InChI is InChI=1S/C18H31NO2/c1-17(2,3)15(16-7-6-11-20-16)8-10-19-14-9-12-21-18(4,5)13-14/h6-7,11,14-15,19H,8-10,12-13H2,1-5H3/t14-,15-/m0/s1. The van der Waals surface area contributed by atoms with Gasteiger partial charge >= 0.3 is 0 Å². The summed E-state index contributed by atoms with van der Waals surface area (Å²) in [5, 5.41) is 3.72. The van der Waals surface area contributed by atoms with Gasteiger partial charge < -0.3 is 14.5 Å². The molecule has 1 fully saturated rings. The predicted octanol–water partition coefficient (Wildman–Crippen LogP) is 4.35. The van der Waals surface area contributed by atoms with Gasteiger partial charge in [-0.05, 0) is 57.2 Å². The molecule has 0 bridgehead atoms. The van der Waals surface area contributed by atoms with E-state index in [1.165, 1.54) is 0 Å². The zero-order chi connectivity index (χ0) is 15.5. The largest absolute Gasteiger partial charge is 0.469 e. The summed E-state index contributed by atoms with van der Waals surface area (Å²) in [6.07, 6.45) is 5.09. The Morgan fingerprint density at radius 2 is 2.14 bits per heavy atom. The van der Waals surface area contributed by atoms with E-state index in [-0.39, 0.29) is 11.0 Å². The van der Waals surface area contributed by atoms with E-state index in [0.29, 0.717) is 12.0 Å². The maximum atomic E-state index is 5.78. The Morgan fingerprint density at radius 1 is 1.38 bits per heavy atom. The molecule has 0 saturated carbocycles. The quantitative estimate of drug-likeness (QED) is 0.876. The van der Waals surface area contributed by atoms with E-state index < -0.39 is 0 Å². The number of hydrogen-bond acceptors (Lipinski definition) is 3. The monoisotopic (exact) mass is 293 g/mol. The molecule has 0 unspecified atom stereocenters. The third-order valence-corrected chi connectivity index (χ3v) is 4.50. The first-order valence-corrected chi connectivity index (χ1v) is 8.19. The van der Waals surface area contributed by atoms with Crippen LogP contribution < -0.4 is 5.32 Å². The number of rotatable bonds is 5. The molecule has 3 nitrogen and oxygen atoms in total.